The molecular weight excluding hydrogens is 628 g/mol. The third-order valence-electron chi connectivity index (χ3n) is 4.29. The quantitative estimate of drug-likeness (QED) is 0.0724. The Kier molecular flexibility index (Phi) is 18.0. The van der Waals surface area contributed by atoms with Crippen molar-refractivity contribution >= 4 is 0 Å². The molecule has 2 atom stereocenters. The molecule has 0 fully saturated rings. The summed E-state index contributed by atoms with van der Waals surface area (Å²) in [5, 5.41) is 27.3. The molecule has 0 heterocycles. The van der Waals surface area contributed by atoms with Crippen LogP contribution in [0.15, 0.2) is 0 Å². The Labute approximate surface area is 230 Å². The van der Waals surface area contributed by atoms with Crippen molar-refractivity contribution in [2.75, 3.05) is 79.5 Å². The fraction of sp³-hybridized carbons (Fsp3) is 1.00. The third-order valence-corrected chi connectivity index (χ3v) is 4.29. The number of halogens is 12. The first-order chi connectivity index (χ1) is 19.2. The highest BCUT2D eigenvalue weighted by molar-refractivity contribution is 4.97. The van der Waals surface area contributed by atoms with Gasteiger partial charge in [-0.3, -0.25) is 4.74 Å². The Bertz CT molecular complexity index is 721. The van der Waals surface area contributed by atoms with Crippen molar-refractivity contribution in [1.29, 1.82) is 0 Å². The molecule has 10 nitrogen and oxygen atoms in total. The molecule has 0 saturated heterocycles. The molecule has 0 rings (SSSR count). The van der Waals surface area contributed by atoms with E-state index < -0.39 is 88.4 Å². The van der Waals surface area contributed by atoms with Crippen LogP contribution in [-0.2, 0) is 33.2 Å². The van der Waals surface area contributed by atoms with Crippen LogP contribution in [0.5, 0.6) is 0 Å². The van der Waals surface area contributed by atoms with E-state index in [4.69, 9.17) is 19.3 Å². The predicted octanol–water partition coefficient (Wildman–Crippen LogP) is 2.13. The zero-order valence-electron chi connectivity index (χ0n) is 21.5. The maximum absolute atomic E-state index is 13.6. The minimum atomic E-state index is -6.56. The van der Waals surface area contributed by atoms with Crippen LogP contribution in [0.3, 0.4) is 0 Å². The van der Waals surface area contributed by atoms with Gasteiger partial charge in [0.15, 0.2) is 0 Å². The molecule has 3 N–H and O–H groups in total. The van der Waals surface area contributed by atoms with Crippen LogP contribution in [-0.4, -0.2) is 143 Å². The van der Waals surface area contributed by atoms with E-state index >= 15 is 0 Å². The van der Waals surface area contributed by atoms with Crippen LogP contribution < -0.4 is 0 Å². The van der Waals surface area contributed by atoms with Crippen LogP contribution in [0, 0.1) is 0 Å². The van der Waals surface area contributed by atoms with E-state index in [2.05, 4.69) is 18.9 Å². The van der Waals surface area contributed by atoms with Gasteiger partial charge < -0.3 is 43.7 Å². The highest BCUT2D eigenvalue weighted by atomic mass is 19.4. The van der Waals surface area contributed by atoms with Gasteiger partial charge in [-0.2, -0.15) is 43.9 Å². The predicted molar refractivity (Wildman–Crippen MR) is 111 cm³/mol. The van der Waals surface area contributed by atoms with Crippen molar-refractivity contribution in [3.8, 4) is 0 Å². The summed E-state index contributed by atoms with van der Waals surface area (Å²) >= 11 is 0. The fourth-order valence-corrected chi connectivity index (χ4v) is 2.38. The van der Waals surface area contributed by atoms with E-state index in [9.17, 15) is 62.9 Å². The lowest BCUT2D eigenvalue weighted by molar-refractivity contribution is -0.396. The van der Waals surface area contributed by atoms with Crippen LogP contribution >= 0.6 is 0 Å². The highest BCUT2D eigenvalue weighted by Gasteiger charge is 2.75. The maximum atomic E-state index is 13.6. The molecule has 2 unspecified atom stereocenters. The smallest absolute Gasteiger partial charge is 0.383 e. The number of aliphatic hydroxyl groups is 3. The summed E-state index contributed by atoms with van der Waals surface area (Å²) in [6, 6.07) is 0. The van der Waals surface area contributed by atoms with E-state index in [0.29, 0.717) is 0 Å². The maximum Gasteiger partial charge on any atom is 0.383 e. The second-order valence-corrected chi connectivity index (χ2v) is 8.17. The number of alkyl halides is 12. The van der Waals surface area contributed by atoms with Crippen molar-refractivity contribution in [3.63, 3.8) is 0 Å². The van der Waals surface area contributed by atoms with E-state index in [-0.39, 0.29) is 39.6 Å². The van der Waals surface area contributed by atoms with Gasteiger partial charge >= 0.3 is 36.4 Å². The minimum Gasteiger partial charge on any atom is -0.394 e. The minimum absolute atomic E-state index is 0.00780. The number of ether oxygens (including phenoxy) is 7. The second kappa shape index (κ2) is 18.5. The monoisotopic (exact) mass is 658 g/mol. The molecular formula is C20H30F12O10. The normalized spacial score (nSPS) is 15.4. The van der Waals surface area contributed by atoms with Crippen molar-refractivity contribution in [2.45, 2.75) is 48.6 Å². The first-order valence-corrected chi connectivity index (χ1v) is 11.5. The Balaban J connectivity index is 4.23. The van der Waals surface area contributed by atoms with Gasteiger partial charge in [0.2, 0.25) is 0 Å². The number of hydrogen-bond acceptors (Lipinski definition) is 10. The van der Waals surface area contributed by atoms with Crippen LogP contribution in [0.1, 0.15) is 0 Å². The van der Waals surface area contributed by atoms with Crippen LogP contribution in [0.2, 0.25) is 0 Å². The van der Waals surface area contributed by atoms with Gasteiger partial charge in [0, 0.05) is 0 Å². The van der Waals surface area contributed by atoms with E-state index in [0.717, 1.165) is 0 Å². The van der Waals surface area contributed by atoms with Crippen molar-refractivity contribution in [1.82, 2.24) is 0 Å². The zero-order valence-corrected chi connectivity index (χ0v) is 21.5. The van der Waals surface area contributed by atoms with Gasteiger partial charge in [-0.05, 0) is 0 Å². The summed E-state index contributed by atoms with van der Waals surface area (Å²) in [5.74, 6) is -18.8. The lowest BCUT2D eigenvalue weighted by atomic mass is 10.1. The second-order valence-electron chi connectivity index (χ2n) is 8.17. The lowest BCUT2D eigenvalue weighted by Gasteiger charge is -2.32. The van der Waals surface area contributed by atoms with Gasteiger partial charge in [0.05, 0.1) is 52.9 Å². The number of hydrogen-bond donors (Lipinski definition) is 3. The summed E-state index contributed by atoms with van der Waals surface area (Å²) in [4.78, 5) is 0. The lowest BCUT2D eigenvalue weighted by Crippen LogP contribution is -2.59. The van der Waals surface area contributed by atoms with Gasteiger partial charge in [-0.15, -0.1) is 0 Å². The van der Waals surface area contributed by atoms with E-state index in [1.807, 2.05) is 0 Å². The SMILES string of the molecule is OCCOCC(O)COCCOCOCC(F)(F)OC(F)(F)COCC(O)COCC(F)(F)C(F)(F)C(F)(F)C(F)F. The fourth-order valence-electron chi connectivity index (χ4n) is 2.38. The zero-order chi connectivity index (χ0) is 32.7. The Hall–Kier alpha value is -1.24. The first kappa shape index (κ1) is 40.8. The molecule has 0 aromatic rings. The van der Waals surface area contributed by atoms with E-state index in [1.54, 1.807) is 0 Å². The molecule has 42 heavy (non-hydrogen) atoms. The van der Waals surface area contributed by atoms with Gasteiger partial charge in [0.25, 0.3) is 0 Å². The molecule has 254 valence electrons. The molecule has 0 saturated carbocycles. The molecule has 0 spiro atoms. The summed E-state index contributed by atoms with van der Waals surface area (Å²) in [6.45, 7) is -10.7. The first-order valence-electron chi connectivity index (χ1n) is 11.5. The third kappa shape index (κ3) is 15.5. The number of aliphatic hydroxyl groups excluding tert-OH is 3. The topological polar surface area (TPSA) is 125 Å². The average molecular weight is 658 g/mol. The molecule has 0 aromatic heterocycles. The van der Waals surface area contributed by atoms with Gasteiger partial charge in [0.1, 0.15) is 38.8 Å². The van der Waals surface area contributed by atoms with Gasteiger partial charge in [-0.25, -0.2) is 8.78 Å². The summed E-state index contributed by atoms with van der Waals surface area (Å²) in [5.41, 5.74) is 0. The summed E-state index contributed by atoms with van der Waals surface area (Å²) < 4.78 is 187. The molecule has 0 amide bonds. The summed E-state index contributed by atoms with van der Waals surface area (Å²) in [6.07, 6.45) is -17.7. The van der Waals surface area contributed by atoms with Gasteiger partial charge in [-0.1, -0.05) is 0 Å². The molecule has 0 aliphatic heterocycles. The van der Waals surface area contributed by atoms with Crippen LogP contribution in [0.4, 0.5) is 52.7 Å². The van der Waals surface area contributed by atoms with Crippen molar-refractivity contribution in [3.05, 3.63) is 0 Å². The Morgan fingerprint density at radius 1 is 0.548 bits per heavy atom. The summed E-state index contributed by atoms with van der Waals surface area (Å²) in [7, 11) is 0. The average Bonchev–Trinajstić information content (AvgIpc) is 2.84. The molecule has 0 aliphatic carbocycles. The Morgan fingerprint density at radius 2 is 0.976 bits per heavy atom. The molecule has 22 heteroatoms. The highest BCUT2D eigenvalue weighted by Crippen LogP contribution is 2.48. The molecule has 0 radical (unpaired) electrons. The molecule has 0 aliphatic rings. The standard InChI is InChI=1S/C20H30F12O10/c21-15(22)19(29,30)20(31,32)16(23,24)9-39-7-14(35)8-40-10-17(25,26)42-18(27,28)11-41-12-38-4-3-37-6-13(34)5-36-2-1-33/h13-15,33-35H,1-12H2. The Morgan fingerprint density at radius 3 is 1.48 bits per heavy atom. The largest absolute Gasteiger partial charge is 0.394 e. The molecule has 0 bridgehead atoms. The number of rotatable bonds is 26. The molecule has 0 aromatic carbocycles. The van der Waals surface area contributed by atoms with Crippen LogP contribution in [0.25, 0.3) is 0 Å². The van der Waals surface area contributed by atoms with Crippen molar-refractivity contribution < 1.29 is 101 Å². The van der Waals surface area contributed by atoms with Crippen molar-refractivity contribution in [2.24, 2.45) is 0 Å². The van der Waals surface area contributed by atoms with E-state index in [1.165, 1.54) is 0 Å².